The molecule has 4 aliphatic carbocycles. The lowest BCUT2D eigenvalue weighted by molar-refractivity contribution is -0.228. The van der Waals surface area contributed by atoms with E-state index in [9.17, 15) is 14.7 Å². The summed E-state index contributed by atoms with van der Waals surface area (Å²) in [5.74, 6) is -0.207. The highest BCUT2D eigenvalue weighted by Crippen LogP contribution is 2.79. The molecule has 0 unspecified atom stereocenters. The summed E-state index contributed by atoms with van der Waals surface area (Å²) in [6.45, 7) is 15.3. The van der Waals surface area contributed by atoms with Crippen LogP contribution in [0.4, 0.5) is 0 Å². The van der Waals surface area contributed by atoms with E-state index in [1.165, 1.54) is 12.8 Å². The number of rotatable bonds is 8. The summed E-state index contributed by atoms with van der Waals surface area (Å²) < 4.78 is 19.1. The van der Waals surface area contributed by atoms with E-state index in [1.807, 2.05) is 19.9 Å². The van der Waals surface area contributed by atoms with E-state index in [-0.39, 0.29) is 28.5 Å². The summed E-state index contributed by atoms with van der Waals surface area (Å²) >= 11 is 0. The van der Waals surface area contributed by atoms with Crippen LogP contribution in [0.2, 0.25) is 0 Å². The molecular formula is C34H52O7. The second kappa shape index (κ2) is 9.92. The van der Waals surface area contributed by atoms with Gasteiger partial charge in [-0.05, 0) is 87.4 Å². The molecule has 5 aliphatic rings. The molecule has 10 atom stereocenters. The standard InChI is InChI=1S/C34H52O7/c1-21(10-9-15-29(2,3)38)22-13-16-32(7)23-14-17-34-24(33(23,28(39-8)41-34)19-18-31(22,32)6)11-12-25(30(34,4)5)40-27(37)20-26(35)36/h9,14-15,17,21-25,28,38H,10-13,16,18-20H2,1-8H3,(H,35,36)/b15-9+/t21-,22-,23+,24+,25+,28-,31-,32+,33+,34-/m1/s1. The molecule has 7 heteroatoms. The van der Waals surface area contributed by atoms with Crippen molar-refractivity contribution in [3.05, 3.63) is 24.3 Å². The maximum absolute atomic E-state index is 12.4. The average molecular weight is 573 g/mol. The van der Waals surface area contributed by atoms with Crippen molar-refractivity contribution in [1.29, 1.82) is 0 Å². The first-order valence-electron chi connectivity index (χ1n) is 15.7. The van der Waals surface area contributed by atoms with Crippen molar-refractivity contribution < 1.29 is 34.0 Å². The van der Waals surface area contributed by atoms with Gasteiger partial charge in [-0.15, -0.1) is 0 Å². The van der Waals surface area contributed by atoms with Crippen molar-refractivity contribution in [2.75, 3.05) is 7.11 Å². The predicted octanol–water partition coefficient (Wildman–Crippen LogP) is 6.29. The number of carboxylic acids is 1. The molecule has 0 aromatic rings. The van der Waals surface area contributed by atoms with E-state index in [4.69, 9.17) is 19.3 Å². The summed E-state index contributed by atoms with van der Waals surface area (Å²) in [5, 5.41) is 19.3. The summed E-state index contributed by atoms with van der Waals surface area (Å²) in [5.41, 5.74) is -1.88. The van der Waals surface area contributed by atoms with Gasteiger partial charge in [0.25, 0.3) is 0 Å². The highest BCUT2D eigenvalue weighted by Gasteiger charge is 2.78. The minimum Gasteiger partial charge on any atom is -0.481 e. The largest absolute Gasteiger partial charge is 0.481 e. The van der Waals surface area contributed by atoms with Crippen LogP contribution >= 0.6 is 0 Å². The molecule has 2 bridgehead atoms. The fourth-order valence-corrected chi connectivity index (χ4v) is 10.7. The molecule has 0 aromatic carbocycles. The zero-order valence-corrected chi connectivity index (χ0v) is 26.4. The Labute approximate surface area is 246 Å². The topological polar surface area (TPSA) is 102 Å². The predicted molar refractivity (Wildman–Crippen MR) is 156 cm³/mol. The number of carbonyl (C=O) groups excluding carboxylic acids is 1. The summed E-state index contributed by atoms with van der Waals surface area (Å²) in [6, 6.07) is 0. The van der Waals surface area contributed by atoms with Crippen LogP contribution in [0, 0.1) is 45.3 Å². The Hall–Kier alpha value is -1.70. The average Bonchev–Trinajstić information content (AvgIpc) is 3.23. The number of fused-ring (bicyclic) bond motifs is 2. The van der Waals surface area contributed by atoms with Crippen LogP contribution in [0.3, 0.4) is 0 Å². The van der Waals surface area contributed by atoms with Crippen LogP contribution in [-0.2, 0) is 23.8 Å². The van der Waals surface area contributed by atoms with Gasteiger partial charge in [-0.1, -0.05) is 58.9 Å². The molecule has 7 nitrogen and oxygen atoms in total. The number of carboxylic acid groups (broad SMARTS) is 1. The number of carbonyl (C=O) groups is 2. The summed E-state index contributed by atoms with van der Waals surface area (Å²) in [6.07, 6.45) is 14.4. The van der Waals surface area contributed by atoms with Crippen molar-refractivity contribution in [3.8, 4) is 0 Å². The fourth-order valence-electron chi connectivity index (χ4n) is 10.7. The van der Waals surface area contributed by atoms with Crippen molar-refractivity contribution in [3.63, 3.8) is 0 Å². The number of aliphatic hydroxyl groups is 1. The number of ether oxygens (including phenoxy) is 3. The maximum atomic E-state index is 12.4. The van der Waals surface area contributed by atoms with Gasteiger partial charge in [0.1, 0.15) is 18.1 Å². The molecule has 3 saturated carbocycles. The first-order valence-corrected chi connectivity index (χ1v) is 15.7. The number of aliphatic carboxylic acids is 1. The Balaban J connectivity index is 1.48. The van der Waals surface area contributed by atoms with Crippen molar-refractivity contribution >= 4 is 11.9 Å². The van der Waals surface area contributed by atoms with Gasteiger partial charge in [0.05, 0.1) is 5.60 Å². The van der Waals surface area contributed by atoms with Crippen molar-refractivity contribution in [1.82, 2.24) is 0 Å². The van der Waals surface area contributed by atoms with Gasteiger partial charge in [-0.2, -0.15) is 0 Å². The quantitative estimate of drug-likeness (QED) is 0.200. The Morgan fingerprint density at radius 1 is 1.10 bits per heavy atom. The van der Waals surface area contributed by atoms with Gasteiger partial charge in [0.2, 0.25) is 0 Å². The van der Waals surface area contributed by atoms with E-state index in [2.05, 4.69) is 52.8 Å². The molecule has 0 aromatic heterocycles. The Bertz CT molecular complexity index is 1120. The SMILES string of the molecule is CO[C@@H]1O[C@]23C=C[C@@H]4[C@@]1(CC[C@]1(C)[C@@H]([C@H](C)C/C=C/C(C)(C)O)CC[C@@]41C)[C@@H]2CC[C@H](OC(=O)CC(=O)O)C3(C)C. The third-order valence-corrected chi connectivity index (χ3v) is 12.9. The van der Waals surface area contributed by atoms with Crippen LogP contribution in [0.15, 0.2) is 24.3 Å². The van der Waals surface area contributed by atoms with E-state index in [0.717, 1.165) is 25.7 Å². The van der Waals surface area contributed by atoms with Crippen LogP contribution in [0.1, 0.15) is 99.8 Å². The number of allylic oxidation sites excluding steroid dienone is 2. The van der Waals surface area contributed by atoms with Crippen LogP contribution in [0.25, 0.3) is 0 Å². The zero-order chi connectivity index (χ0) is 30.2. The molecule has 1 aliphatic heterocycles. The van der Waals surface area contributed by atoms with Gasteiger partial charge in [0.15, 0.2) is 6.29 Å². The lowest BCUT2D eigenvalue weighted by Gasteiger charge is -2.65. The summed E-state index contributed by atoms with van der Waals surface area (Å²) in [4.78, 5) is 23.6. The first-order chi connectivity index (χ1) is 19.0. The highest BCUT2D eigenvalue weighted by molar-refractivity contribution is 5.90. The molecular weight excluding hydrogens is 520 g/mol. The Morgan fingerprint density at radius 2 is 1.80 bits per heavy atom. The molecule has 0 radical (unpaired) electrons. The molecule has 0 amide bonds. The fraction of sp³-hybridized carbons (Fsp3) is 0.824. The molecule has 41 heavy (non-hydrogen) atoms. The van der Waals surface area contributed by atoms with Gasteiger partial charge >= 0.3 is 11.9 Å². The zero-order valence-electron chi connectivity index (χ0n) is 26.4. The minimum absolute atomic E-state index is 0.0895. The lowest BCUT2D eigenvalue weighted by Crippen LogP contribution is -2.65. The first kappa shape index (κ1) is 30.7. The van der Waals surface area contributed by atoms with Gasteiger partial charge in [-0.25, -0.2) is 0 Å². The monoisotopic (exact) mass is 572 g/mol. The number of esters is 1. The Kier molecular flexibility index (Phi) is 7.44. The molecule has 5 rings (SSSR count). The normalized spacial score (nSPS) is 45.1. The van der Waals surface area contributed by atoms with Crippen LogP contribution < -0.4 is 0 Å². The number of hydrogen-bond acceptors (Lipinski definition) is 6. The molecule has 1 heterocycles. The van der Waals surface area contributed by atoms with E-state index >= 15 is 0 Å². The lowest BCUT2D eigenvalue weighted by atomic mass is 9.38. The number of methoxy groups -OCH3 is 1. The van der Waals surface area contributed by atoms with Gasteiger partial charge in [0, 0.05) is 23.9 Å². The summed E-state index contributed by atoms with van der Waals surface area (Å²) in [7, 11) is 1.77. The molecule has 4 fully saturated rings. The van der Waals surface area contributed by atoms with E-state index < -0.39 is 41.1 Å². The van der Waals surface area contributed by atoms with Crippen LogP contribution in [0.5, 0.6) is 0 Å². The third-order valence-electron chi connectivity index (χ3n) is 12.9. The molecule has 1 saturated heterocycles. The van der Waals surface area contributed by atoms with E-state index in [0.29, 0.717) is 24.2 Å². The highest BCUT2D eigenvalue weighted by atomic mass is 16.7. The molecule has 1 spiro atoms. The van der Waals surface area contributed by atoms with Crippen molar-refractivity contribution in [2.45, 2.75) is 123 Å². The molecule has 230 valence electrons. The van der Waals surface area contributed by atoms with E-state index in [1.54, 1.807) is 7.11 Å². The second-order valence-electron chi connectivity index (χ2n) is 15.6. The third kappa shape index (κ3) is 4.30. The second-order valence-corrected chi connectivity index (χ2v) is 15.6. The van der Waals surface area contributed by atoms with Crippen LogP contribution in [-0.4, -0.2) is 52.9 Å². The van der Waals surface area contributed by atoms with Gasteiger partial charge in [-0.3, -0.25) is 9.59 Å². The number of hydrogen-bond donors (Lipinski definition) is 2. The van der Waals surface area contributed by atoms with Gasteiger partial charge < -0.3 is 24.4 Å². The smallest absolute Gasteiger partial charge is 0.317 e. The minimum atomic E-state index is -1.17. The maximum Gasteiger partial charge on any atom is 0.317 e. The Morgan fingerprint density at radius 3 is 2.44 bits per heavy atom. The molecule has 2 N–H and O–H groups in total. The van der Waals surface area contributed by atoms with Crippen molar-refractivity contribution in [2.24, 2.45) is 45.3 Å².